The molecule has 0 radical (unpaired) electrons. The number of benzene rings is 2. The van der Waals surface area contributed by atoms with Crippen LogP contribution < -0.4 is 25.5 Å². The number of hydrogen-bond acceptors (Lipinski definition) is 6. The summed E-state index contributed by atoms with van der Waals surface area (Å²) in [5.41, 5.74) is 0.584. The van der Waals surface area contributed by atoms with Crippen molar-refractivity contribution in [3.8, 4) is 34.3 Å². The first-order valence-electron chi connectivity index (χ1n) is 8.77. The number of ether oxygens (including phenoxy) is 3. The number of nitrogens with zero attached hydrogens (tertiary/aromatic N) is 2. The van der Waals surface area contributed by atoms with Crippen molar-refractivity contribution in [1.29, 1.82) is 0 Å². The van der Waals surface area contributed by atoms with Crippen molar-refractivity contribution in [2.24, 2.45) is 0 Å². The minimum atomic E-state index is -0.697. The summed E-state index contributed by atoms with van der Waals surface area (Å²) in [6.07, 6.45) is 0. The molecule has 0 atom stereocenters. The summed E-state index contributed by atoms with van der Waals surface area (Å²) in [6, 6.07) is 12.7. The highest BCUT2D eigenvalue weighted by Crippen LogP contribution is 2.38. The van der Waals surface area contributed by atoms with E-state index in [0.29, 0.717) is 23.7 Å². The van der Waals surface area contributed by atoms with Crippen LogP contribution in [0.15, 0.2) is 52.1 Å². The Balaban J connectivity index is 1.88. The first-order chi connectivity index (χ1) is 13.6. The quantitative estimate of drug-likeness (QED) is 0.551. The zero-order valence-electron chi connectivity index (χ0n) is 14.9. The lowest BCUT2D eigenvalue weighted by molar-refractivity contribution is 0.174. The second kappa shape index (κ2) is 6.12. The molecule has 28 heavy (non-hydrogen) atoms. The molecule has 2 aromatic rings. The monoisotopic (exact) mass is 377 g/mol. The van der Waals surface area contributed by atoms with Gasteiger partial charge in [-0.05, 0) is 43.3 Å². The van der Waals surface area contributed by atoms with Crippen LogP contribution >= 0.6 is 0 Å². The molecule has 0 aliphatic carbocycles. The molecule has 0 saturated carbocycles. The molecular formula is C20H15N3O5. The molecule has 0 unspecified atom stereocenters. The topological polar surface area (TPSA) is 95.4 Å². The van der Waals surface area contributed by atoms with E-state index in [9.17, 15) is 9.59 Å². The van der Waals surface area contributed by atoms with E-state index in [4.69, 9.17) is 14.2 Å². The predicted octanol–water partition coefficient (Wildman–Crippen LogP) is 2.31. The van der Waals surface area contributed by atoms with Crippen LogP contribution in [0.4, 0.5) is 0 Å². The van der Waals surface area contributed by atoms with Crippen molar-refractivity contribution in [3.05, 3.63) is 63.3 Å². The lowest BCUT2D eigenvalue weighted by Gasteiger charge is -2.18. The van der Waals surface area contributed by atoms with Gasteiger partial charge in [0, 0.05) is 17.1 Å². The summed E-state index contributed by atoms with van der Waals surface area (Å²) in [4.78, 5) is 30.6. The maximum atomic E-state index is 12.4. The van der Waals surface area contributed by atoms with Gasteiger partial charge in [-0.3, -0.25) is 14.3 Å². The Bertz CT molecular complexity index is 1290. The second-order valence-electron chi connectivity index (χ2n) is 6.28. The Hall–Kier alpha value is -3.81. The fraction of sp³-hybridized carbons (Fsp3) is 0.150. The van der Waals surface area contributed by atoms with Gasteiger partial charge in [-0.25, -0.2) is 4.79 Å². The highest BCUT2D eigenvalue weighted by molar-refractivity contribution is 5.90. The Labute approximate surface area is 158 Å². The van der Waals surface area contributed by atoms with Gasteiger partial charge in [0.15, 0.2) is 17.3 Å². The third-order valence-electron chi connectivity index (χ3n) is 4.59. The number of hydrogen-bond donors (Lipinski definition) is 1. The van der Waals surface area contributed by atoms with Gasteiger partial charge in [0.25, 0.3) is 5.56 Å². The van der Waals surface area contributed by atoms with Crippen LogP contribution in [-0.2, 0) is 0 Å². The number of pyridine rings is 1. The van der Waals surface area contributed by atoms with Crippen LogP contribution in [-0.4, -0.2) is 27.9 Å². The van der Waals surface area contributed by atoms with Gasteiger partial charge in [0.2, 0.25) is 6.79 Å². The van der Waals surface area contributed by atoms with Crippen molar-refractivity contribution in [1.82, 2.24) is 14.5 Å². The lowest BCUT2D eigenvalue weighted by Crippen LogP contribution is -2.27. The van der Waals surface area contributed by atoms with Gasteiger partial charge in [0.1, 0.15) is 5.75 Å². The normalized spacial score (nSPS) is 12.6. The second-order valence-corrected chi connectivity index (χ2v) is 6.28. The van der Waals surface area contributed by atoms with E-state index < -0.39 is 11.2 Å². The minimum absolute atomic E-state index is 0.137. The maximum Gasteiger partial charge on any atom is 0.349 e. The smallest absolute Gasteiger partial charge is 0.349 e. The zero-order chi connectivity index (χ0) is 19.3. The highest BCUT2D eigenvalue weighted by atomic mass is 16.7. The molecule has 5 rings (SSSR count). The molecule has 2 aromatic carbocycles. The molecule has 0 saturated heterocycles. The summed E-state index contributed by atoms with van der Waals surface area (Å²) in [5.74, 6) is 2.20. The number of H-pyrrole nitrogens is 1. The fourth-order valence-corrected chi connectivity index (χ4v) is 3.40. The lowest BCUT2D eigenvalue weighted by atomic mass is 10.1. The summed E-state index contributed by atoms with van der Waals surface area (Å²) in [7, 11) is 0. The van der Waals surface area contributed by atoms with E-state index in [1.54, 1.807) is 10.6 Å². The standard InChI is InChI=1S/C20H15N3O5/c1-2-26-13-5-3-12(4-6-13)23-15-9-17-16(27-10-28-17)8-11(15)7-14-18(23)21-20(25)22-19(14)24/h3-9H,2,10H2,1H3,(H,22,24,25). The molecule has 0 fully saturated rings. The first kappa shape index (κ1) is 16.4. The number of aromatic nitrogens is 3. The molecule has 3 aliphatic heterocycles. The summed E-state index contributed by atoms with van der Waals surface area (Å²) in [6.45, 7) is 2.61. The minimum Gasteiger partial charge on any atom is -0.494 e. The Morgan fingerprint density at radius 2 is 1.86 bits per heavy atom. The van der Waals surface area contributed by atoms with Crippen molar-refractivity contribution in [2.75, 3.05) is 13.4 Å². The van der Waals surface area contributed by atoms with Crippen LogP contribution in [0.25, 0.3) is 28.0 Å². The van der Waals surface area contributed by atoms with Gasteiger partial charge in [-0.1, -0.05) is 0 Å². The number of rotatable bonds is 3. The Morgan fingerprint density at radius 1 is 1.11 bits per heavy atom. The highest BCUT2D eigenvalue weighted by Gasteiger charge is 2.22. The molecular weight excluding hydrogens is 362 g/mol. The molecule has 3 aliphatic rings. The first-order valence-corrected chi connectivity index (χ1v) is 8.77. The molecule has 8 nitrogen and oxygen atoms in total. The van der Waals surface area contributed by atoms with Gasteiger partial charge in [0.05, 0.1) is 17.7 Å². The average molecular weight is 377 g/mol. The maximum absolute atomic E-state index is 12.4. The summed E-state index contributed by atoms with van der Waals surface area (Å²) in [5, 5.41) is 0.761. The molecule has 0 spiro atoms. The van der Waals surface area contributed by atoms with E-state index >= 15 is 0 Å². The van der Waals surface area contributed by atoms with Crippen molar-refractivity contribution in [3.63, 3.8) is 0 Å². The Morgan fingerprint density at radius 3 is 2.61 bits per heavy atom. The summed E-state index contributed by atoms with van der Waals surface area (Å²) < 4.78 is 18.2. The molecule has 0 amide bonds. The van der Waals surface area contributed by atoms with Gasteiger partial charge in [-0.15, -0.1) is 0 Å². The van der Waals surface area contributed by atoms with Crippen molar-refractivity contribution in [2.45, 2.75) is 6.92 Å². The van der Waals surface area contributed by atoms with Crippen LogP contribution in [0.2, 0.25) is 0 Å². The van der Waals surface area contributed by atoms with E-state index in [0.717, 1.165) is 22.3 Å². The molecule has 0 bridgehead atoms. The van der Waals surface area contributed by atoms with Crippen molar-refractivity contribution >= 4 is 10.9 Å². The number of fused-ring (bicyclic) bond motifs is 3. The Kier molecular flexibility index (Phi) is 3.58. The zero-order valence-corrected chi connectivity index (χ0v) is 14.9. The molecule has 1 N–H and O–H groups in total. The van der Waals surface area contributed by atoms with Crippen LogP contribution in [0.1, 0.15) is 6.92 Å². The van der Waals surface area contributed by atoms with E-state index in [1.807, 2.05) is 43.3 Å². The molecule has 140 valence electrons. The molecule has 3 heterocycles. The van der Waals surface area contributed by atoms with Crippen LogP contribution in [0.3, 0.4) is 0 Å². The van der Waals surface area contributed by atoms with E-state index in [2.05, 4.69) is 9.97 Å². The van der Waals surface area contributed by atoms with E-state index in [-0.39, 0.29) is 12.6 Å². The van der Waals surface area contributed by atoms with Gasteiger partial charge < -0.3 is 14.2 Å². The molecule has 8 heteroatoms. The SMILES string of the molecule is CCOc1ccc(-n2c3nc(=O)[nH]c(=O)c-3cc3cc4c(cc32)OCO4)cc1. The molecule has 0 aromatic heterocycles. The van der Waals surface area contributed by atoms with Gasteiger partial charge in [-0.2, -0.15) is 4.98 Å². The average Bonchev–Trinajstić information content (AvgIpc) is 3.13. The third kappa shape index (κ3) is 2.50. The van der Waals surface area contributed by atoms with E-state index in [1.165, 1.54) is 0 Å². The predicted molar refractivity (Wildman–Crippen MR) is 102 cm³/mol. The fourth-order valence-electron chi connectivity index (χ4n) is 3.40. The third-order valence-corrected chi connectivity index (χ3v) is 4.59. The van der Waals surface area contributed by atoms with Crippen LogP contribution in [0, 0.1) is 0 Å². The largest absolute Gasteiger partial charge is 0.494 e. The summed E-state index contributed by atoms with van der Waals surface area (Å²) >= 11 is 0. The van der Waals surface area contributed by atoms with Crippen LogP contribution in [0.5, 0.6) is 17.2 Å². The number of nitrogens with one attached hydrogen (secondary N) is 1. The van der Waals surface area contributed by atoms with Gasteiger partial charge >= 0.3 is 5.69 Å². The number of aromatic amines is 1. The van der Waals surface area contributed by atoms with Crippen molar-refractivity contribution < 1.29 is 14.2 Å².